The summed E-state index contributed by atoms with van der Waals surface area (Å²) in [6, 6.07) is 36.2. The van der Waals surface area contributed by atoms with Crippen LogP contribution in [0.25, 0.3) is 0 Å². The van der Waals surface area contributed by atoms with E-state index in [9.17, 15) is 13.0 Å². The zero-order valence-corrected chi connectivity index (χ0v) is 24.5. The van der Waals surface area contributed by atoms with Crippen molar-refractivity contribution < 1.29 is 13.0 Å². The highest BCUT2D eigenvalue weighted by molar-refractivity contribution is 7.85. The average Bonchev–Trinajstić information content (AvgIpc) is 2.94. The average molecular weight is 563 g/mol. The van der Waals surface area contributed by atoms with Crippen molar-refractivity contribution in [2.45, 2.75) is 38.5 Å². The van der Waals surface area contributed by atoms with Gasteiger partial charge in [0, 0.05) is 28.7 Å². The minimum absolute atomic E-state index is 0.0921. The van der Waals surface area contributed by atoms with E-state index < -0.39 is 10.1 Å². The molecule has 5 aromatic rings. The first-order valence-corrected chi connectivity index (χ1v) is 15.0. The number of aryl methyl sites for hydroxylation is 4. The topological polar surface area (TPSA) is 78.4 Å². The van der Waals surface area contributed by atoms with E-state index in [2.05, 4.69) is 97.3 Å². The lowest BCUT2D eigenvalue weighted by Gasteiger charge is -2.24. The lowest BCUT2D eigenvalue weighted by Crippen LogP contribution is -2.10. The van der Waals surface area contributed by atoms with Crippen LogP contribution in [0.15, 0.2) is 114 Å². The maximum Gasteiger partial charge on any atom is 0.294 e. The van der Waals surface area contributed by atoms with Gasteiger partial charge in [0.2, 0.25) is 0 Å². The van der Waals surface area contributed by atoms with Crippen LogP contribution in [0.4, 0.5) is 22.7 Å². The van der Waals surface area contributed by atoms with Crippen LogP contribution in [0.3, 0.4) is 0 Å². The number of hydrogen-bond donors (Lipinski definition) is 3. The Bertz CT molecular complexity index is 1680. The van der Waals surface area contributed by atoms with Gasteiger partial charge < -0.3 is 10.6 Å². The summed E-state index contributed by atoms with van der Waals surface area (Å²) in [4.78, 5) is -0.0921. The monoisotopic (exact) mass is 562 g/mol. The predicted molar refractivity (Wildman–Crippen MR) is 168 cm³/mol. The van der Waals surface area contributed by atoms with Gasteiger partial charge in [-0.1, -0.05) is 60.7 Å². The zero-order chi connectivity index (χ0) is 29.1. The molecular formula is C35H34N2O3S. The second-order valence-electron chi connectivity index (χ2n) is 10.5. The summed E-state index contributed by atoms with van der Waals surface area (Å²) in [5.41, 5.74) is 11.2. The Hall–Kier alpha value is -4.39. The largest absolute Gasteiger partial charge is 0.355 e. The molecule has 6 heteroatoms. The Morgan fingerprint density at radius 2 is 0.951 bits per heavy atom. The van der Waals surface area contributed by atoms with Crippen molar-refractivity contribution in [2.24, 2.45) is 0 Å². The molecule has 0 aliphatic heterocycles. The molecule has 5 rings (SSSR count). The number of nitrogens with one attached hydrogen (secondary N) is 2. The number of rotatable bonds is 8. The second kappa shape index (κ2) is 11.6. The summed E-state index contributed by atoms with van der Waals surface area (Å²) in [5, 5.41) is 6.99. The molecule has 0 unspecified atom stereocenters. The van der Waals surface area contributed by atoms with Crippen LogP contribution in [0, 0.1) is 27.7 Å². The fourth-order valence-corrected chi connectivity index (χ4v) is 5.97. The SMILES string of the molecule is Cc1ccccc1Nc1ccc(C(c2ccc(Nc3ccccc3C)cc2)c2c(C)cc(S(=O)(=O)O)cc2C)cc1. The standard InChI is InChI=1S/C35H34N2O3S/c1-23-9-5-7-11-32(23)36-29-17-13-27(14-18-29)35(34-25(3)21-31(22-26(34)4)41(38,39)40)28-15-19-30(20-16-28)37-33-12-8-6-10-24(33)2/h5-22,35-37H,1-4H3,(H,38,39,40). The van der Waals surface area contributed by atoms with Crippen LogP contribution in [0.5, 0.6) is 0 Å². The Labute approximate surface area is 242 Å². The van der Waals surface area contributed by atoms with E-state index in [1.165, 1.54) is 11.1 Å². The van der Waals surface area contributed by atoms with E-state index in [4.69, 9.17) is 0 Å². The van der Waals surface area contributed by atoms with Crippen molar-refractivity contribution in [3.63, 3.8) is 0 Å². The molecule has 3 N–H and O–H groups in total. The normalized spacial score (nSPS) is 11.5. The Balaban J connectivity index is 1.55. The van der Waals surface area contributed by atoms with Crippen LogP contribution in [0.2, 0.25) is 0 Å². The summed E-state index contributed by atoms with van der Waals surface area (Å²) in [6.45, 7) is 7.94. The van der Waals surface area contributed by atoms with Gasteiger partial charge in [-0.3, -0.25) is 4.55 Å². The van der Waals surface area contributed by atoms with Gasteiger partial charge in [0.25, 0.3) is 10.1 Å². The first kappa shape index (κ1) is 28.1. The molecule has 0 fully saturated rings. The van der Waals surface area contributed by atoms with Gasteiger partial charge in [-0.15, -0.1) is 0 Å². The number of anilines is 4. The van der Waals surface area contributed by atoms with Gasteiger partial charge in [0.05, 0.1) is 4.90 Å². The molecule has 0 amide bonds. The quantitative estimate of drug-likeness (QED) is 0.130. The van der Waals surface area contributed by atoms with Crippen LogP contribution in [0.1, 0.15) is 44.9 Å². The van der Waals surface area contributed by atoms with Gasteiger partial charge in [0.1, 0.15) is 0 Å². The molecule has 0 bridgehead atoms. The molecule has 0 atom stereocenters. The Kier molecular flexibility index (Phi) is 7.97. The van der Waals surface area contributed by atoms with E-state index in [-0.39, 0.29) is 10.8 Å². The summed E-state index contributed by atoms with van der Waals surface area (Å²) < 4.78 is 33.5. The maximum absolute atomic E-state index is 11.9. The molecule has 5 aromatic carbocycles. The molecule has 5 nitrogen and oxygen atoms in total. The smallest absolute Gasteiger partial charge is 0.294 e. The van der Waals surface area contributed by atoms with Gasteiger partial charge >= 0.3 is 0 Å². The molecule has 0 aromatic heterocycles. The van der Waals surface area contributed by atoms with Gasteiger partial charge in [-0.2, -0.15) is 8.42 Å². The highest BCUT2D eigenvalue weighted by atomic mass is 32.2. The molecular weight excluding hydrogens is 528 g/mol. The number of benzene rings is 5. The Morgan fingerprint density at radius 3 is 1.32 bits per heavy atom. The number of hydrogen-bond acceptors (Lipinski definition) is 4. The third-order valence-corrected chi connectivity index (χ3v) is 8.32. The predicted octanol–water partition coefficient (Wildman–Crippen LogP) is 8.83. The van der Waals surface area contributed by atoms with Crippen molar-refractivity contribution >= 4 is 32.9 Å². The summed E-state index contributed by atoms with van der Waals surface area (Å²) in [6.07, 6.45) is 0. The summed E-state index contributed by atoms with van der Waals surface area (Å²) in [5.74, 6) is -0.148. The summed E-state index contributed by atoms with van der Waals surface area (Å²) >= 11 is 0. The molecule has 0 heterocycles. The first-order valence-electron chi connectivity index (χ1n) is 13.5. The van der Waals surface area contributed by atoms with Crippen molar-refractivity contribution in [3.05, 3.63) is 148 Å². The van der Waals surface area contributed by atoms with Crippen LogP contribution in [-0.2, 0) is 10.1 Å². The molecule has 0 saturated carbocycles. The minimum Gasteiger partial charge on any atom is -0.355 e. The Morgan fingerprint density at radius 1 is 0.561 bits per heavy atom. The highest BCUT2D eigenvalue weighted by Crippen LogP contribution is 2.38. The van der Waals surface area contributed by atoms with Crippen molar-refractivity contribution in [3.8, 4) is 0 Å². The van der Waals surface area contributed by atoms with E-state index in [0.717, 1.165) is 50.6 Å². The van der Waals surface area contributed by atoms with Crippen molar-refractivity contribution in [2.75, 3.05) is 10.6 Å². The van der Waals surface area contributed by atoms with Gasteiger partial charge in [-0.05, 0) is 115 Å². The molecule has 0 radical (unpaired) electrons. The fraction of sp³-hybridized carbons (Fsp3) is 0.143. The van der Waals surface area contributed by atoms with Crippen molar-refractivity contribution in [1.29, 1.82) is 0 Å². The molecule has 41 heavy (non-hydrogen) atoms. The van der Waals surface area contributed by atoms with E-state index in [1.54, 1.807) is 12.1 Å². The van der Waals surface area contributed by atoms with Gasteiger partial charge in [-0.25, -0.2) is 0 Å². The van der Waals surface area contributed by atoms with E-state index in [0.29, 0.717) is 0 Å². The van der Waals surface area contributed by atoms with Crippen LogP contribution >= 0.6 is 0 Å². The molecule has 0 saturated heterocycles. The third-order valence-electron chi connectivity index (χ3n) is 7.49. The molecule has 208 valence electrons. The van der Waals surface area contributed by atoms with Gasteiger partial charge in [0.15, 0.2) is 0 Å². The fourth-order valence-electron chi connectivity index (χ4n) is 5.32. The minimum atomic E-state index is -4.31. The van der Waals surface area contributed by atoms with Crippen molar-refractivity contribution in [1.82, 2.24) is 0 Å². The lowest BCUT2D eigenvalue weighted by molar-refractivity contribution is 0.483. The van der Waals surface area contributed by atoms with Crippen LogP contribution < -0.4 is 10.6 Å². The molecule has 0 spiro atoms. The third kappa shape index (κ3) is 6.35. The second-order valence-corrected chi connectivity index (χ2v) is 11.9. The molecule has 0 aliphatic rings. The zero-order valence-electron chi connectivity index (χ0n) is 23.6. The number of para-hydroxylation sites is 2. The van der Waals surface area contributed by atoms with E-state index >= 15 is 0 Å². The molecule has 0 aliphatic carbocycles. The first-order chi connectivity index (χ1) is 19.6. The lowest BCUT2D eigenvalue weighted by atomic mass is 9.81. The van der Waals surface area contributed by atoms with Crippen LogP contribution in [-0.4, -0.2) is 13.0 Å². The maximum atomic E-state index is 11.9. The van der Waals surface area contributed by atoms with E-state index in [1.807, 2.05) is 38.1 Å². The summed E-state index contributed by atoms with van der Waals surface area (Å²) in [7, 11) is -4.31. The highest BCUT2D eigenvalue weighted by Gasteiger charge is 2.23.